The number of benzene rings is 2. The molecule has 2 N–H and O–H groups in total. The van der Waals surface area contributed by atoms with E-state index in [0.29, 0.717) is 6.42 Å². The van der Waals surface area contributed by atoms with E-state index < -0.39 is 18.3 Å². The number of ketones is 1. The number of esters is 1. The molecule has 0 aliphatic carbocycles. The van der Waals surface area contributed by atoms with Gasteiger partial charge in [-0.25, -0.2) is 4.79 Å². The van der Waals surface area contributed by atoms with Crippen LogP contribution in [0.4, 0.5) is 0 Å². The molecule has 0 fully saturated rings. The Labute approximate surface area is 139 Å². The Morgan fingerprint density at radius 1 is 1.08 bits per heavy atom. The molecule has 0 amide bonds. The highest BCUT2D eigenvalue weighted by atomic mass is 16.6. The van der Waals surface area contributed by atoms with Crippen molar-refractivity contribution in [3.8, 4) is 17.2 Å². The number of carbonyl (C=O) groups is 2. The Balaban J connectivity index is 2.17. The first-order chi connectivity index (χ1) is 11.5. The van der Waals surface area contributed by atoms with Crippen LogP contribution in [0.2, 0.25) is 0 Å². The SMILES string of the molecule is COC(=O)COc1cc(O)cc(O)c1C(=O)CCc1ccccc1. The van der Waals surface area contributed by atoms with Gasteiger partial charge in [-0.2, -0.15) is 0 Å². The van der Waals surface area contributed by atoms with Gasteiger partial charge >= 0.3 is 5.97 Å². The Morgan fingerprint density at radius 2 is 1.79 bits per heavy atom. The average Bonchev–Trinajstić information content (AvgIpc) is 2.58. The number of hydrogen-bond donors (Lipinski definition) is 2. The predicted molar refractivity (Wildman–Crippen MR) is 86.4 cm³/mol. The molecule has 0 radical (unpaired) electrons. The van der Waals surface area contributed by atoms with Crippen LogP contribution in [0.25, 0.3) is 0 Å². The van der Waals surface area contributed by atoms with E-state index >= 15 is 0 Å². The zero-order chi connectivity index (χ0) is 17.5. The number of Topliss-reactive ketones (excluding diaryl/α,β-unsaturated/α-hetero) is 1. The molecule has 2 aromatic rings. The highest BCUT2D eigenvalue weighted by molar-refractivity contribution is 6.01. The molecule has 126 valence electrons. The Hall–Kier alpha value is -3.02. The van der Waals surface area contributed by atoms with Gasteiger partial charge in [-0.05, 0) is 12.0 Å². The predicted octanol–water partition coefficient (Wildman–Crippen LogP) is 2.47. The van der Waals surface area contributed by atoms with Gasteiger partial charge in [0.2, 0.25) is 0 Å². The van der Waals surface area contributed by atoms with Gasteiger partial charge in [0.15, 0.2) is 12.4 Å². The Bertz CT molecular complexity index is 724. The Kier molecular flexibility index (Phi) is 5.78. The molecular formula is C18H18O6. The number of carbonyl (C=O) groups excluding carboxylic acids is 2. The van der Waals surface area contributed by atoms with E-state index in [4.69, 9.17) is 4.74 Å². The van der Waals surface area contributed by atoms with Crippen LogP contribution in [0.5, 0.6) is 17.2 Å². The van der Waals surface area contributed by atoms with Gasteiger partial charge in [0.1, 0.15) is 22.8 Å². The number of rotatable bonds is 7. The van der Waals surface area contributed by atoms with Crippen molar-refractivity contribution in [3.63, 3.8) is 0 Å². The van der Waals surface area contributed by atoms with Crippen LogP contribution in [0.1, 0.15) is 22.3 Å². The first-order valence-corrected chi connectivity index (χ1v) is 7.34. The smallest absolute Gasteiger partial charge is 0.343 e. The van der Waals surface area contributed by atoms with Gasteiger partial charge in [0, 0.05) is 18.6 Å². The van der Waals surface area contributed by atoms with Crippen LogP contribution in [0.15, 0.2) is 42.5 Å². The lowest BCUT2D eigenvalue weighted by molar-refractivity contribution is -0.142. The molecule has 0 spiro atoms. The van der Waals surface area contributed by atoms with Crippen LogP contribution in [-0.2, 0) is 16.0 Å². The summed E-state index contributed by atoms with van der Waals surface area (Å²) in [6.45, 7) is -0.432. The lowest BCUT2D eigenvalue weighted by Gasteiger charge is -2.12. The minimum absolute atomic E-state index is 0.0593. The maximum Gasteiger partial charge on any atom is 0.343 e. The van der Waals surface area contributed by atoms with Crippen LogP contribution in [0.3, 0.4) is 0 Å². The molecule has 2 aromatic carbocycles. The third-order valence-electron chi connectivity index (χ3n) is 3.40. The third-order valence-corrected chi connectivity index (χ3v) is 3.40. The van der Waals surface area contributed by atoms with E-state index in [9.17, 15) is 19.8 Å². The number of phenols is 2. The van der Waals surface area contributed by atoms with Crippen LogP contribution >= 0.6 is 0 Å². The number of methoxy groups -OCH3 is 1. The molecule has 0 saturated carbocycles. The molecule has 24 heavy (non-hydrogen) atoms. The molecule has 0 aliphatic rings. The van der Waals surface area contributed by atoms with E-state index in [1.54, 1.807) is 0 Å². The molecular weight excluding hydrogens is 312 g/mol. The molecule has 6 nitrogen and oxygen atoms in total. The van der Waals surface area contributed by atoms with E-state index in [2.05, 4.69) is 4.74 Å². The summed E-state index contributed by atoms with van der Waals surface area (Å²) in [7, 11) is 1.21. The summed E-state index contributed by atoms with van der Waals surface area (Å²) in [5.41, 5.74) is 0.925. The van der Waals surface area contributed by atoms with Crippen molar-refractivity contribution >= 4 is 11.8 Å². The van der Waals surface area contributed by atoms with Gasteiger partial charge < -0.3 is 19.7 Å². The van der Waals surface area contributed by atoms with Gasteiger partial charge in [-0.1, -0.05) is 30.3 Å². The summed E-state index contributed by atoms with van der Waals surface area (Å²) in [6.07, 6.45) is 0.646. The fourth-order valence-corrected chi connectivity index (χ4v) is 2.20. The normalized spacial score (nSPS) is 10.2. The van der Waals surface area contributed by atoms with Crippen molar-refractivity contribution < 1.29 is 29.3 Å². The molecule has 0 heterocycles. The van der Waals surface area contributed by atoms with Crippen LogP contribution in [-0.4, -0.2) is 35.7 Å². The molecule has 0 aromatic heterocycles. The second-order valence-electron chi connectivity index (χ2n) is 5.11. The minimum atomic E-state index is -0.638. The Morgan fingerprint density at radius 3 is 2.46 bits per heavy atom. The number of aryl methyl sites for hydroxylation is 1. The largest absolute Gasteiger partial charge is 0.508 e. The van der Waals surface area contributed by atoms with E-state index in [-0.39, 0.29) is 29.3 Å². The summed E-state index contributed by atoms with van der Waals surface area (Å²) in [6, 6.07) is 11.7. The molecule has 0 saturated heterocycles. The van der Waals surface area contributed by atoms with Gasteiger partial charge in [-0.15, -0.1) is 0 Å². The summed E-state index contributed by atoms with van der Waals surface area (Å²) in [5.74, 6) is -1.72. The summed E-state index contributed by atoms with van der Waals surface area (Å²) in [5, 5.41) is 19.5. The number of phenolic OH excluding ortho intramolecular Hbond substituents is 2. The number of ether oxygens (including phenoxy) is 2. The maximum atomic E-state index is 12.4. The lowest BCUT2D eigenvalue weighted by atomic mass is 10.0. The second-order valence-corrected chi connectivity index (χ2v) is 5.11. The third kappa shape index (κ3) is 4.49. The molecule has 0 aliphatic heterocycles. The van der Waals surface area contributed by atoms with Crippen molar-refractivity contribution in [2.24, 2.45) is 0 Å². The average molecular weight is 330 g/mol. The topological polar surface area (TPSA) is 93.1 Å². The number of aromatic hydroxyl groups is 2. The summed E-state index contributed by atoms with van der Waals surface area (Å²) < 4.78 is 9.67. The second kappa shape index (κ2) is 8.01. The van der Waals surface area contributed by atoms with Crippen molar-refractivity contribution in [1.29, 1.82) is 0 Å². The van der Waals surface area contributed by atoms with Crippen molar-refractivity contribution in [2.75, 3.05) is 13.7 Å². The standard InChI is InChI=1S/C18H18O6/c1-23-17(22)11-24-16-10-13(19)9-15(21)18(16)14(20)8-7-12-5-3-2-4-6-12/h2-6,9-10,19,21H,7-8,11H2,1H3. The maximum absolute atomic E-state index is 12.4. The fraction of sp³-hybridized carbons (Fsp3) is 0.222. The number of hydrogen-bond acceptors (Lipinski definition) is 6. The fourth-order valence-electron chi connectivity index (χ4n) is 2.20. The van der Waals surface area contributed by atoms with Gasteiger partial charge in [0.05, 0.1) is 7.11 Å². The van der Waals surface area contributed by atoms with Crippen molar-refractivity contribution in [2.45, 2.75) is 12.8 Å². The monoisotopic (exact) mass is 330 g/mol. The van der Waals surface area contributed by atoms with Crippen molar-refractivity contribution in [3.05, 3.63) is 53.6 Å². The van der Waals surface area contributed by atoms with Crippen molar-refractivity contribution in [1.82, 2.24) is 0 Å². The zero-order valence-corrected chi connectivity index (χ0v) is 13.2. The molecule has 0 bridgehead atoms. The van der Waals surface area contributed by atoms with Crippen LogP contribution < -0.4 is 4.74 Å². The summed E-state index contributed by atoms with van der Waals surface area (Å²) >= 11 is 0. The quantitative estimate of drug-likeness (QED) is 0.598. The molecule has 0 unspecified atom stereocenters. The van der Waals surface area contributed by atoms with E-state index in [0.717, 1.165) is 11.6 Å². The van der Waals surface area contributed by atoms with Gasteiger partial charge in [-0.3, -0.25) is 4.79 Å². The highest BCUT2D eigenvalue weighted by Gasteiger charge is 2.20. The molecule has 2 rings (SSSR count). The van der Waals surface area contributed by atoms with Gasteiger partial charge in [0.25, 0.3) is 0 Å². The highest BCUT2D eigenvalue weighted by Crippen LogP contribution is 2.34. The van der Waals surface area contributed by atoms with E-state index in [1.165, 1.54) is 13.2 Å². The minimum Gasteiger partial charge on any atom is -0.508 e. The molecule has 0 atom stereocenters. The van der Waals surface area contributed by atoms with E-state index in [1.807, 2.05) is 30.3 Å². The first-order valence-electron chi connectivity index (χ1n) is 7.34. The zero-order valence-electron chi connectivity index (χ0n) is 13.2. The van der Waals surface area contributed by atoms with Crippen LogP contribution in [0, 0.1) is 0 Å². The lowest BCUT2D eigenvalue weighted by Crippen LogP contribution is -2.14. The first kappa shape index (κ1) is 17.3. The summed E-state index contributed by atoms with van der Waals surface area (Å²) in [4.78, 5) is 23.6. The molecule has 6 heteroatoms.